The van der Waals surface area contributed by atoms with Gasteiger partial charge in [-0.3, -0.25) is 4.79 Å². The fourth-order valence-electron chi connectivity index (χ4n) is 3.17. The first-order valence-electron chi connectivity index (χ1n) is 8.50. The highest BCUT2D eigenvalue weighted by atomic mass is 16.5. The minimum atomic E-state index is -0.0574. The molecule has 0 radical (unpaired) electrons. The lowest BCUT2D eigenvalue weighted by atomic mass is 10.1. The highest BCUT2D eigenvalue weighted by Gasteiger charge is 2.26. The van der Waals surface area contributed by atoms with E-state index >= 15 is 0 Å². The summed E-state index contributed by atoms with van der Waals surface area (Å²) >= 11 is 0. The molecule has 3 aromatic rings. The Labute approximate surface area is 147 Å². The third-order valence-electron chi connectivity index (χ3n) is 4.54. The Bertz CT molecular complexity index is 826. The monoisotopic (exact) mass is 332 g/mol. The van der Waals surface area contributed by atoms with E-state index in [2.05, 4.69) is 0 Å². The van der Waals surface area contributed by atoms with Crippen LogP contribution in [0.15, 0.2) is 79.1 Å². The lowest BCUT2D eigenvalue weighted by Gasteiger charge is -2.33. The van der Waals surface area contributed by atoms with Crippen LogP contribution in [-0.4, -0.2) is 35.1 Å². The normalized spacial score (nSPS) is 17.4. The summed E-state index contributed by atoms with van der Waals surface area (Å²) in [5.74, 6) is 0.0586. The molecule has 1 aliphatic heterocycles. The molecular weight excluding hydrogens is 312 g/mol. The van der Waals surface area contributed by atoms with Gasteiger partial charge in [0.1, 0.15) is 6.10 Å². The average molecular weight is 332 g/mol. The van der Waals surface area contributed by atoms with Crippen LogP contribution in [-0.2, 0) is 4.74 Å². The zero-order chi connectivity index (χ0) is 17.1. The largest absolute Gasteiger partial charge is 0.370 e. The Morgan fingerprint density at radius 1 is 0.920 bits per heavy atom. The number of morpholine rings is 1. The van der Waals surface area contributed by atoms with Gasteiger partial charge in [-0.25, -0.2) is 0 Å². The highest BCUT2D eigenvalue weighted by molar-refractivity contribution is 5.94. The van der Waals surface area contributed by atoms with Crippen molar-refractivity contribution in [3.8, 4) is 5.69 Å². The van der Waals surface area contributed by atoms with Crippen LogP contribution < -0.4 is 0 Å². The standard InChI is InChI=1S/C21H20N2O2/c24-21(18-8-10-19(11-9-18)22-12-4-5-13-22)23-14-15-25-20(16-23)17-6-2-1-3-7-17/h1-13,20H,14-16H2. The van der Waals surface area contributed by atoms with Crippen LogP contribution in [0.2, 0.25) is 0 Å². The second kappa shape index (κ2) is 6.95. The van der Waals surface area contributed by atoms with Gasteiger partial charge in [-0.15, -0.1) is 0 Å². The van der Waals surface area contributed by atoms with Crippen molar-refractivity contribution in [1.82, 2.24) is 9.47 Å². The van der Waals surface area contributed by atoms with Crippen LogP contribution in [0.4, 0.5) is 0 Å². The first-order valence-corrected chi connectivity index (χ1v) is 8.50. The van der Waals surface area contributed by atoms with Crippen molar-refractivity contribution < 1.29 is 9.53 Å². The molecule has 2 heterocycles. The number of carbonyl (C=O) groups is 1. The van der Waals surface area contributed by atoms with Crippen LogP contribution in [0.5, 0.6) is 0 Å². The van der Waals surface area contributed by atoms with E-state index in [9.17, 15) is 4.79 Å². The quantitative estimate of drug-likeness (QED) is 0.733. The molecule has 0 saturated carbocycles. The molecule has 1 saturated heterocycles. The van der Waals surface area contributed by atoms with Gasteiger partial charge >= 0.3 is 0 Å². The average Bonchev–Trinajstić information content (AvgIpc) is 3.23. The third kappa shape index (κ3) is 3.35. The number of amides is 1. The van der Waals surface area contributed by atoms with Crippen molar-refractivity contribution in [2.75, 3.05) is 19.7 Å². The Balaban J connectivity index is 1.48. The summed E-state index contributed by atoms with van der Waals surface area (Å²) < 4.78 is 7.87. The van der Waals surface area contributed by atoms with E-state index < -0.39 is 0 Å². The van der Waals surface area contributed by atoms with Gasteiger partial charge in [0.2, 0.25) is 0 Å². The SMILES string of the molecule is O=C(c1ccc(-n2cccc2)cc1)N1CCOC(c2ccccc2)C1. The summed E-state index contributed by atoms with van der Waals surface area (Å²) in [6.07, 6.45) is 3.92. The molecule has 4 nitrogen and oxygen atoms in total. The maximum Gasteiger partial charge on any atom is 0.254 e. The first kappa shape index (κ1) is 15.7. The predicted molar refractivity (Wildman–Crippen MR) is 96.8 cm³/mol. The Hall–Kier alpha value is -2.85. The number of rotatable bonds is 3. The summed E-state index contributed by atoms with van der Waals surface area (Å²) in [6, 6.07) is 21.8. The van der Waals surface area contributed by atoms with Crippen LogP contribution in [0.1, 0.15) is 22.0 Å². The highest BCUT2D eigenvalue weighted by Crippen LogP contribution is 2.23. The Morgan fingerprint density at radius 2 is 1.64 bits per heavy atom. The molecule has 126 valence electrons. The summed E-state index contributed by atoms with van der Waals surface area (Å²) in [5, 5.41) is 0. The van der Waals surface area contributed by atoms with Crippen molar-refractivity contribution in [2.24, 2.45) is 0 Å². The summed E-state index contributed by atoms with van der Waals surface area (Å²) in [6.45, 7) is 1.77. The van der Waals surface area contributed by atoms with E-state index in [0.29, 0.717) is 25.3 Å². The van der Waals surface area contributed by atoms with Crippen molar-refractivity contribution in [1.29, 1.82) is 0 Å². The van der Waals surface area contributed by atoms with Crippen LogP contribution >= 0.6 is 0 Å². The Morgan fingerprint density at radius 3 is 2.36 bits per heavy atom. The van der Waals surface area contributed by atoms with Gasteiger partial charge in [0.15, 0.2) is 0 Å². The van der Waals surface area contributed by atoms with E-state index in [1.54, 1.807) is 0 Å². The zero-order valence-electron chi connectivity index (χ0n) is 13.9. The van der Waals surface area contributed by atoms with Gasteiger partial charge < -0.3 is 14.2 Å². The second-order valence-corrected chi connectivity index (χ2v) is 6.16. The topological polar surface area (TPSA) is 34.5 Å². The molecule has 1 unspecified atom stereocenters. The molecular formula is C21H20N2O2. The molecule has 0 N–H and O–H groups in total. The molecule has 1 amide bonds. The smallest absolute Gasteiger partial charge is 0.254 e. The van der Waals surface area contributed by atoms with Gasteiger partial charge in [0.05, 0.1) is 13.2 Å². The summed E-state index contributed by atoms with van der Waals surface area (Å²) in [7, 11) is 0. The molecule has 2 aromatic carbocycles. The fourth-order valence-corrected chi connectivity index (χ4v) is 3.17. The van der Waals surface area contributed by atoms with E-state index in [1.807, 2.05) is 88.6 Å². The fraction of sp³-hybridized carbons (Fsp3) is 0.190. The molecule has 0 spiro atoms. The van der Waals surface area contributed by atoms with Crippen LogP contribution in [0.3, 0.4) is 0 Å². The van der Waals surface area contributed by atoms with Gasteiger partial charge in [0.25, 0.3) is 5.91 Å². The second-order valence-electron chi connectivity index (χ2n) is 6.16. The summed E-state index contributed by atoms with van der Waals surface area (Å²) in [5.41, 5.74) is 2.87. The number of ether oxygens (including phenoxy) is 1. The van der Waals surface area contributed by atoms with Crippen molar-refractivity contribution >= 4 is 5.91 Å². The van der Waals surface area contributed by atoms with Crippen molar-refractivity contribution in [2.45, 2.75) is 6.10 Å². The van der Waals surface area contributed by atoms with E-state index in [4.69, 9.17) is 4.74 Å². The van der Waals surface area contributed by atoms with Crippen molar-refractivity contribution in [3.05, 3.63) is 90.3 Å². The van der Waals surface area contributed by atoms with Crippen LogP contribution in [0.25, 0.3) is 5.69 Å². The molecule has 1 fully saturated rings. The number of nitrogens with zero attached hydrogens (tertiary/aromatic N) is 2. The number of carbonyl (C=O) groups excluding carboxylic acids is 1. The number of aromatic nitrogens is 1. The number of hydrogen-bond acceptors (Lipinski definition) is 2. The number of benzene rings is 2. The van der Waals surface area contributed by atoms with E-state index in [1.165, 1.54) is 0 Å². The van der Waals surface area contributed by atoms with Crippen LogP contribution in [0, 0.1) is 0 Å². The number of hydrogen-bond donors (Lipinski definition) is 0. The summed E-state index contributed by atoms with van der Waals surface area (Å²) in [4.78, 5) is 14.7. The van der Waals surface area contributed by atoms with Gasteiger partial charge in [-0.2, -0.15) is 0 Å². The molecule has 1 aliphatic rings. The van der Waals surface area contributed by atoms with Gasteiger partial charge in [-0.1, -0.05) is 30.3 Å². The molecule has 0 aliphatic carbocycles. The molecule has 4 heteroatoms. The third-order valence-corrected chi connectivity index (χ3v) is 4.54. The lowest BCUT2D eigenvalue weighted by Crippen LogP contribution is -2.42. The molecule has 25 heavy (non-hydrogen) atoms. The minimum absolute atomic E-state index is 0.0574. The molecule has 1 atom stereocenters. The maximum atomic E-state index is 12.8. The van der Waals surface area contributed by atoms with Gasteiger partial charge in [-0.05, 0) is 42.0 Å². The van der Waals surface area contributed by atoms with Gasteiger partial charge in [0, 0.05) is 30.2 Å². The minimum Gasteiger partial charge on any atom is -0.370 e. The van der Waals surface area contributed by atoms with Crippen molar-refractivity contribution in [3.63, 3.8) is 0 Å². The predicted octanol–water partition coefficient (Wildman–Crippen LogP) is 3.69. The lowest BCUT2D eigenvalue weighted by molar-refractivity contribution is -0.0228. The Kier molecular flexibility index (Phi) is 4.36. The maximum absolute atomic E-state index is 12.8. The molecule has 0 bridgehead atoms. The zero-order valence-corrected chi connectivity index (χ0v) is 13.9. The molecule has 1 aromatic heterocycles. The van der Waals surface area contributed by atoms with E-state index in [0.717, 1.165) is 11.3 Å². The van der Waals surface area contributed by atoms with E-state index in [-0.39, 0.29) is 12.0 Å². The molecule has 4 rings (SSSR count). The first-order chi connectivity index (χ1) is 12.3.